The van der Waals surface area contributed by atoms with E-state index in [1.807, 2.05) is 7.11 Å². The van der Waals surface area contributed by atoms with Gasteiger partial charge in [0, 0.05) is 33.4 Å². The molecule has 0 bridgehead atoms. The van der Waals surface area contributed by atoms with Crippen molar-refractivity contribution in [1.29, 1.82) is 0 Å². The maximum atomic E-state index is 12.0. The molecule has 1 amide bonds. The Morgan fingerprint density at radius 3 is 1.73 bits per heavy atom. The Bertz CT molecular complexity index is 693. The number of hydrogen-bond acceptors (Lipinski definition) is 7. The van der Waals surface area contributed by atoms with E-state index in [9.17, 15) is 14.4 Å². The predicted octanol–water partition coefficient (Wildman–Crippen LogP) is 10.3. The summed E-state index contributed by atoms with van der Waals surface area (Å²) in [5.41, 5.74) is 0. The highest BCUT2D eigenvalue weighted by molar-refractivity contribution is 5.74. The molecular weight excluding hydrogens is 604 g/mol. The lowest BCUT2D eigenvalue weighted by atomic mass is 10.1. The quantitative estimate of drug-likeness (QED) is 0.0284. The third-order valence-corrected chi connectivity index (χ3v) is 9.00. The molecule has 0 radical (unpaired) electrons. The third kappa shape index (κ3) is 35.8. The number of aldehydes is 1. The van der Waals surface area contributed by atoms with Crippen LogP contribution in [0.25, 0.3) is 0 Å². The average Bonchev–Trinajstić information content (AvgIpc) is 3.09. The Morgan fingerprint density at radius 2 is 1.12 bits per heavy atom. The monoisotopic (exact) mass is 685 g/mol. The van der Waals surface area contributed by atoms with Crippen molar-refractivity contribution in [3.63, 3.8) is 0 Å². The summed E-state index contributed by atoms with van der Waals surface area (Å²) in [6.07, 6.45) is 30.2. The van der Waals surface area contributed by atoms with Gasteiger partial charge >= 0.3 is 5.97 Å². The van der Waals surface area contributed by atoms with Crippen molar-refractivity contribution >= 4 is 18.2 Å². The number of carbonyl (C=O) groups is 3. The number of methoxy groups -OCH3 is 1. The number of nitrogens with zero attached hydrogens (tertiary/aromatic N) is 2. The second-order valence-electron chi connectivity index (χ2n) is 13.4. The molecule has 0 aliphatic heterocycles. The van der Waals surface area contributed by atoms with Gasteiger partial charge in [-0.15, -0.1) is 0 Å². The first-order chi connectivity index (χ1) is 23.4. The van der Waals surface area contributed by atoms with E-state index >= 15 is 0 Å². The highest BCUT2D eigenvalue weighted by Gasteiger charge is 2.11. The van der Waals surface area contributed by atoms with Crippen LogP contribution in [0.2, 0.25) is 0 Å². The number of unbranched alkanes of at least 4 members (excludes halogenated alkanes) is 16. The number of rotatable bonds is 35. The first-order valence-electron chi connectivity index (χ1n) is 20.0. The Labute approximate surface area is 297 Å². The van der Waals surface area contributed by atoms with E-state index in [0.717, 1.165) is 90.1 Å². The number of hydroxylamine groups is 2. The number of carbonyl (C=O) groups excluding carboxylic acids is 3. The lowest BCUT2D eigenvalue weighted by Gasteiger charge is -2.23. The molecule has 48 heavy (non-hydrogen) atoms. The summed E-state index contributed by atoms with van der Waals surface area (Å²) < 4.78 is 10.7. The summed E-state index contributed by atoms with van der Waals surface area (Å²) in [6, 6.07) is 0. The van der Waals surface area contributed by atoms with Gasteiger partial charge in [0.25, 0.3) is 0 Å². The Morgan fingerprint density at radius 1 is 0.604 bits per heavy atom. The fraction of sp³-hybridized carbons (Fsp3) is 0.925. The summed E-state index contributed by atoms with van der Waals surface area (Å²) in [5, 5.41) is 1.30. The van der Waals surface area contributed by atoms with Crippen LogP contribution in [0.5, 0.6) is 0 Å². The zero-order valence-corrected chi connectivity index (χ0v) is 32.7. The largest absolute Gasteiger partial charge is 0.466 e. The predicted molar refractivity (Wildman–Crippen MR) is 201 cm³/mol. The van der Waals surface area contributed by atoms with Gasteiger partial charge in [-0.2, -0.15) is 0 Å². The summed E-state index contributed by atoms with van der Waals surface area (Å²) in [6.45, 7) is 10.3. The van der Waals surface area contributed by atoms with E-state index in [4.69, 9.17) is 14.3 Å². The minimum atomic E-state index is -0.0449. The Balaban J connectivity index is 0. The molecule has 0 N–H and O–H groups in total. The van der Waals surface area contributed by atoms with Gasteiger partial charge in [-0.1, -0.05) is 117 Å². The molecule has 0 aliphatic rings. The van der Waals surface area contributed by atoms with Crippen molar-refractivity contribution in [2.24, 2.45) is 0 Å². The standard InChI is InChI=1S/C29H56N2O5.C11H24O/c1-4-5-6-14-19-27-36-29(34)22-15-10-9-12-17-24-31(23-16-11-7-8-13-18-26-32)25-20-21-28(33)30(2)35-3;1-4-6-8-10-11(12-3)9-7-5-2/h26H,4-25,27H2,1-3H3;11H,4-10H2,1-3H3. The maximum absolute atomic E-state index is 12.0. The van der Waals surface area contributed by atoms with Crippen molar-refractivity contribution in [2.45, 2.75) is 194 Å². The zero-order valence-electron chi connectivity index (χ0n) is 32.7. The van der Waals surface area contributed by atoms with Crippen LogP contribution < -0.4 is 0 Å². The average molecular weight is 685 g/mol. The van der Waals surface area contributed by atoms with Gasteiger partial charge in [-0.3, -0.25) is 14.4 Å². The second-order valence-corrected chi connectivity index (χ2v) is 13.4. The SMILES string of the molecule is CCCCCC(CCCC)OC.CCCCCCCOC(=O)CCCCCCCN(CCCCCCCC=O)CCCC(=O)N(C)OC. The molecule has 286 valence electrons. The molecule has 0 spiro atoms. The molecule has 0 aromatic rings. The number of ether oxygens (including phenoxy) is 2. The fourth-order valence-electron chi connectivity index (χ4n) is 5.67. The third-order valence-electron chi connectivity index (χ3n) is 9.00. The maximum Gasteiger partial charge on any atom is 0.305 e. The van der Waals surface area contributed by atoms with Crippen molar-refractivity contribution in [3.8, 4) is 0 Å². The van der Waals surface area contributed by atoms with Crippen LogP contribution in [-0.2, 0) is 28.7 Å². The first-order valence-corrected chi connectivity index (χ1v) is 20.0. The van der Waals surface area contributed by atoms with Gasteiger partial charge in [-0.05, 0) is 71.0 Å². The lowest BCUT2D eigenvalue weighted by Crippen LogP contribution is -2.30. The van der Waals surface area contributed by atoms with Crippen LogP contribution in [0.4, 0.5) is 0 Å². The van der Waals surface area contributed by atoms with E-state index in [1.165, 1.54) is 95.6 Å². The van der Waals surface area contributed by atoms with E-state index in [0.29, 0.717) is 32.0 Å². The summed E-state index contributed by atoms with van der Waals surface area (Å²) in [5.74, 6) is -0.0286. The molecule has 8 nitrogen and oxygen atoms in total. The molecule has 0 saturated heterocycles. The smallest absolute Gasteiger partial charge is 0.305 e. The lowest BCUT2D eigenvalue weighted by molar-refractivity contribution is -0.168. The summed E-state index contributed by atoms with van der Waals surface area (Å²) in [7, 11) is 5.00. The summed E-state index contributed by atoms with van der Waals surface area (Å²) >= 11 is 0. The van der Waals surface area contributed by atoms with E-state index < -0.39 is 0 Å². The minimum Gasteiger partial charge on any atom is -0.466 e. The van der Waals surface area contributed by atoms with Crippen LogP contribution in [0.1, 0.15) is 188 Å². The number of esters is 1. The molecule has 1 unspecified atom stereocenters. The molecule has 8 heteroatoms. The minimum absolute atomic E-state index is 0.0163. The highest BCUT2D eigenvalue weighted by atomic mass is 16.7. The normalized spacial score (nSPS) is 11.6. The van der Waals surface area contributed by atoms with Gasteiger partial charge in [0.15, 0.2) is 0 Å². The van der Waals surface area contributed by atoms with Crippen LogP contribution in [0, 0.1) is 0 Å². The Hall–Kier alpha value is -1.51. The van der Waals surface area contributed by atoms with Crippen LogP contribution in [-0.4, -0.2) is 81.7 Å². The summed E-state index contributed by atoms with van der Waals surface area (Å²) in [4.78, 5) is 41.7. The van der Waals surface area contributed by atoms with Crippen LogP contribution >= 0.6 is 0 Å². The van der Waals surface area contributed by atoms with Crippen molar-refractivity contribution in [2.75, 3.05) is 47.5 Å². The molecule has 1 atom stereocenters. The van der Waals surface area contributed by atoms with Crippen LogP contribution in [0.3, 0.4) is 0 Å². The van der Waals surface area contributed by atoms with Gasteiger partial charge in [0.2, 0.25) is 5.91 Å². The Kier molecular flexibility index (Phi) is 40.4. The first kappa shape index (κ1) is 48.6. The highest BCUT2D eigenvalue weighted by Crippen LogP contribution is 2.13. The van der Waals surface area contributed by atoms with E-state index in [-0.39, 0.29) is 11.9 Å². The second kappa shape index (κ2) is 39.9. The van der Waals surface area contributed by atoms with Gasteiger partial charge in [0.1, 0.15) is 6.29 Å². The molecular formula is C40H80N2O6. The van der Waals surface area contributed by atoms with E-state index in [2.05, 4.69) is 25.7 Å². The molecule has 0 aromatic heterocycles. The fourth-order valence-corrected chi connectivity index (χ4v) is 5.67. The molecule has 0 fully saturated rings. The molecule has 0 aromatic carbocycles. The van der Waals surface area contributed by atoms with Gasteiger partial charge in [0.05, 0.1) is 19.8 Å². The van der Waals surface area contributed by atoms with Crippen molar-refractivity contribution in [3.05, 3.63) is 0 Å². The zero-order chi connectivity index (χ0) is 35.9. The molecule has 0 heterocycles. The van der Waals surface area contributed by atoms with Gasteiger partial charge < -0.3 is 19.2 Å². The number of hydrogen-bond donors (Lipinski definition) is 0. The van der Waals surface area contributed by atoms with E-state index in [1.54, 1.807) is 7.05 Å². The topological polar surface area (TPSA) is 85.4 Å². The molecule has 0 saturated carbocycles. The molecule has 0 rings (SSSR count). The van der Waals surface area contributed by atoms with Crippen molar-refractivity contribution in [1.82, 2.24) is 9.96 Å². The number of amides is 1. The molecule has 0 aliphatic carbocycles. The van der Waals surface area contributed by atoms with Gasteiger partial charge in [-0.25, -0.2) is 5.06 Å². The van der Waals surface area contributed by atoms with Crippen LogP contribution in [0.15, 0.2) is 0 Å². The van der Waals surface area contributed by atoms with Crippen molar-refractivity contribution < 1.29 is 28.7 Å².